The number of methoxy groups -OCH3 is 1. The van der Waals surface area contributed by atoms with Gasteiger partial charge >= 0.3 is 5.97 Å². The van der Waals surface area contributed by atoms with E-state index >= 15 is 0 Å². The molecule has 2 atom stereocenters. The highest BCUT2D eigenvalue weighted by molar-refractivity contribution is 7.89. The summed E-state index contributed by atoms with van der Waals surface area (Å²) in [4.78, 5) is 11.4. The van der Waals surface area contributed by atoms with E-state index in [1.165, 1.54) is 23.5 Å². The summed E-state index contributed by atoms with van der Waals surface area (Å²) in [7, 11) is -2.59. The first-order valence-corrected chi connectivity index (χ1v) is 8.27. The van der Waals surface area contributed by atoms with Crippen LogP contribution >= 0.6 is 12.4 Å². The molecule has 2 rings (SSSR count). The van der Waals surface area contributed by atoms with Gasteiger partial charge in [0.1, 0.15) is 0 Å². The molecule has 1 fully saturated rings. The smallest absolute Gasteiger partial charge is 0.374 e. The van der Waals surface area contributed by atoms with Crippen LogP contribution in [0, 0.1) is 0 Å². The minimum absolute atomic E-state index is 0. The first-order valence-electron chi connectivity index (χ1n) is 6.83. The average Bonchev–Trinajstić information content (AvgIpc) is 2.97. The van der Waals surface area contributed by atoms with Crippen molar-refractivity contribution in [2.45, 2.75) is 43.4 Å². The maximum Gasteiger partial charge on any atom is 0.374 e. The van der Waals surface area contributed by atoms with Crippen molar-refractivity contribution < 1.29 is 22.4 Å². The Hall–Kier alpha value is -1.09. The molecule has 1 aliphatic rings. The zero-order valence-electron chi connectivity index (χ0n) is 12.5. The molecule has 22 heavy (non-hydrogen) atoms. The van der Waals surface area contributed by atoms with Crippen LogP contribution in [-0.2, 0) is 14.8 Å². The van der Waals surface area contributed by atoms with Crippen molar-refractivity contribution in [2.24, 2.45) is 5.73 Å². The summed E-state index contributed by atoms with van der Waals surface area (Å²) >= 11 is 0. The zero-order chi connectivity index (χ0) is 15.6. The fourth-order valence-electron chi connectivity index (χ4n) is 2.54. The Kier molecular flexibility index (Phi) is 6.42. The summed E-state index contributed by atoms with van der Waals surface area (Å²) < 4.78 is 36.3. The molecule has 0 spiro atoms. The van der Waals surface area contributed by atoms with Gasteiger partial charge in [-0.15, -0.1) is 12.4 Å². The Morgan fingerprint density at radius 2 is 2.14 bits per heavy atom. The monoisotopic (exact) mass is 352 g/mol. The standard InChI is InChI=1S/C13H20N2O5S.ClH/c1-9(14)10-5-3-4-8-15(10)21(17,18)12-7-6-11(20-12)13(16)19-2;/h6-7,9-10H,3-5,8,14H2,1-2H3;1H. The highest BCUT2D eigenvalue weighted by Crippen LogP contribution is 2.27. The van der Waals surface area contributed by atoms with Crippen LogP contribution < -0.4 is 5.73 Å². The minimum atomic E-state index is -3.80. The van der Waals surface area contributed by atoms with Gasteiger partial charge in [0, 0.05) is 18.6 Å². The molecule has 1 saturated heterocycles. The van der Waals surface area contributed by atoms with E-state index < -0.39 is 16.0 Å². The molecule has 0 aliphatic carbocycles. The predicted octanol–water partition coefficient (Wildman–Crippen LogP) is 1.38. The number of esters is 1. The van der Waals surface area contributed by atoms with Crippen LogP contribution in [0.1, 0.15) is 36.7 Å². The third-order valence-electron chi connectivity index (χ3n) is 3.64. The number of halogens is 1. The van der Waals surface area contributed by atoms with Crippen molar-refractivity contribution in [3.8, 4) is 0 Å². The lowest BCUT2D eigenvalue weighted by molar-refractivity contribution is 0.0558. The van der Waals surface area contributed by atoms with Crippen LogP contribution in [0.5, 0.6) is 0 Å². The Balaban J connectivity index is 0.00000242. The molecule has 1 aromatic heterocycles. The molecule has 2 heterocycles. The third-order valence-corrected chi connectivity index (χ3v) is 5.43. The van der Waals surface area contributed by atoms with Gasteiger partial charge in [0.25, 0.3) is 10.0 Å². The molecule has 7 nitrogen and oxygen atoms in total. The Morgan fingerprint density at radius 1 is 1.45 bits per heavy atom. The quantitative estimate of drug-likeness (QED) is 0.821. The molecule has 0 radical (unpaired) electrons. The van der Waals surface area contributed by atoms with Crippen molar-refractivity contribution >= 4 is 28.4 Å². The van der Waals surface area contributed by atoms with Crippen LogP contribution in [0.4, 0.5) is 0 Å². The van der Waals surface area contributed by atoms with Crippen molar-refractivity contribution in [2.75, 3.05) is 13.7 Å². The Labute approximate surface area is 136 Å². The number of hydrogen-bond donors (Lipinski definition) is 1. The molecule has 2 unspecified atom stereocenters. The van der Waals surface area contributed by atoms with Gasteiger partial charge in [-0.1, -0.05) is 6.42 Å². The van der Waals surface area contributed by atoms with E-state index in [0.717, 1.165) is 19.3 Å². The van der Waals surface area contributed by atoms with Gasteiger partial charge in [0.2, 0.25) is 10.9 Å². The molecular formula is C13H21ClN2O5S. The summed E-state index contributed by atoms with van der Waals surface area (Å²) in [6.07, 6.45) is 2.46. The fraction of sp³-hybridized carbons (Fsp3) is 0.615. The van der Waals surface area contributed by atoms with Gasteiger partial charge in [-0.25, -0.2) is 13.2 Å². The number of sulfonamides is 1. The zero-order valence-corrected chi connectivity index (χ0v) is 14.2. The number of nitrogens with zero attached hydrogens (tertiary/aromatic N) is 1. The van der Waals surface area contributed by atoms with E-state index in [0.29, 0.717) is 6.54 Å². The highest BCUT2D eigenvalue weighted by Gasteiger charge is 2.37. The second-order valence-corrected chi connectivity index (χ2v) is 6.97. The Morgan fingerprint density at radius 3 is 2.73 bits per heavy atom. The van der Waals surface area contributed by atoms with E-state index in [2.05, 4.69) is 4.74 Å². The SMILES string of the molecule is COC(=O)c1ccc(S(=O)(=O)N2CCCCC2C(C)N)o1.Cl. The minimum Gasteiger partial charge on any atom is -0.463 e. The molecular weight excluding hydrogens is 332 g/mol. The van der Waals surface area contributed by atoms with Crippen LogP contribution in [0.2, 0.25) is 0 Å². The largest absolute Gasteiger partial charge is 0.463 e. The predicted molar refractivity (Wildman–Crippen MR) is 82.5 cm³/mol. The molecule has 2 N–H and O–H groups in total. The summed E-state index contributed by atoms with van der Waals surface area (Å²) in [5.74, 6) is -0.843. The van der Waals surface area contributed by atoms with Crippen molar-refractivity contribution in [1.82, 2.24) is 4.31 Å². The van der Waals surface area contributed by atoms with E-state index in [1.54, 1.807) is 6.92 Å². The molecule has 0 aromatic carbocycles. The first-order chi connectivity index (χ1) is 9.87. The van der Waals surface area contributed by atoms with E-state index in [4.69, 9.17) is 10.2 Å². The fourth-order valence-corrected chi connectivity index (χ4v) is 4.23. The maximum atomic E-state index is 12.7. The lowest BCUT2D eigenvalue weighted by Gasteiger charge is -2.36. The molecule has 1 aliphatic heterocycles. The molecule has 0 saturated carbocycles. The Bertz CT molecular complexity index is 614. The van der Waals surface area contributed by atoms with Gasteiger partial charge in [0.15, 0.2) is 0 Å². The van der Waals surface area contributed by atoms with E-state index in [1.807, 2.05) is 0 Å². The number of rotatable bonds is 4. The van der Waals surface area contributed by atoms with Gasteiger partial charge in [-0.05, 0) is 31.9 Å². The number of piperidine rings is 1. The molecule has 9 heteroatoms. The van der Waals surface area contributed by atoms with Crippen molar-refractivity contribution in [1.29, 1.82) is 0 Å². The maximum absolute atomic E-state index is 12.7. The van der Waals surface area contributed by atoms with Crippen LogP contribution in [0.25, 0.3) is 0 Å². The summed E-state index contributed by atoms with van der Waals surface area (Å²) in [6, 6.07) is 2.04. The highest BCUT2D eigenvalue weighted by atomic mass is 35.5. The number of ether oxygens (including phenoxy) is 1. The van der Waals surface area contributed by atoms with E-state index in [-0.39, 0.29) is 35.3 Å². The number of furan rings is 1. The van der Waals surface area contributed by atoms with Crippen LogP contribution in [0.15, 0.2) is 21.6 Å². The number of hydrogen-bond acceptors (Lipinski definition) is 6. The third kappa shape index (κ3) is 3.62. The summed E-state index contributed by atoms with van der Waals surface area (Å²) in [5, 5.41) is -0.254. The van der Waals surface area contributed by atoms with Gasteiger partial charge in [0.05, 0.1) is 7.11 Å². The lowest BCUT2D eigenvalue weighted by Crippen LogP contribution is -2.51. The van der Waals surface area contributed by atoms with Gasteiger partial charge in [-0.2, -0.15) is 4.31 Å². The van der Waals surface area contributed by atoms with Crippen LogP contribution in [-0.4, -0.2) is 44.4 Å². The summed E-state index contributed by atoms with van der Waals surface area (Å²) in [5.41, 5.74) is 5.90. The molecule has 126 valence electrons. The number of nitrogens with two attached hydrogens (primary N) is 1. The molecule has 0 amide bonds. The second-order valence-electron chi connectivity index (χ2n) is 5.15. The average molecular weight is 353 g/mol. The molecule has 0 bridgehead atoms. The topological polar surface area (TPSA) is 103 Å². The normalized spacial score (nSPS) is 21.0. The van der Waals surface area contributed by atoms with E-state index in [9.17, 15) is 13.2 Å². The number of carbonyl (C=O) groups is 1. The second kappa shape index (κ2) is 7.45. The van der Waals surface area contributed by atoms with Crippen molar-refractivity contribution in [3.05, 3.63) is 17.9 Å². The van der Waals surface area contributed by atoms with Crippen molar-refractivity contribution in [3.63, 3.8) is 0 Å². The molecule has 1 aromatic rings. The number of carbonyl (C=O) groups excluding carboxylic acids is 1. The lowest BCUT2D eigenvalue weighted by atomic mass is 10.00. The first kappa shape index (κ1) is 19.0. The van der Waals surface area contributed by atoms with Crippen LogP contribution in [0.3, 0.4) is 0 Å². The van der Waals surface area contributed by atoms with Gasteiger partial charge < -0.3 is 14.9 Å². The summed E-state index contributed by atoms with van der Waals surface area (Å²) in [6.45, 7) is 2.20. The van der Waals surface area contributed by atoms with Gasteiger partial charge in [-0.3, -0.25) is 0 Å².